The summed E-state index contributed by atoms with van der Waals surface area (Å²) in [7, 11) is -3.60. The Labute approximate surface area is 163 Å². The summed E-state index contributed by atoms with van der Waals surface area (Å²) in [6, 6.07) is 13.6. The molecule has 0 bridgehead atoms. The minimum absolute atomic E-state index is 0.0115. The zero-order chi connectivity index (χ0) is 20.1. The van der Waals surface area contributed by atoms with E-state index in [1.54, 1.807) is 30.3 Å². The van der Waals surface area contributed by atoms with Gasteiger partial charge in [-0.2, -0.15) is 0 Å². The third-order valence-corrected chi connectivity index (χ3v) is 5.61. The van der Waals surface area contributed by atoms with Crippen molar-refractivity contribution in [3.63, 3.8) is 0 Å². The van der Waals surface area contributed by atoms with Crippen LogP contribution in [0.25, 0.3) is 0 Å². The van der Waals surface area contributed by atoms with Crippen LogP contribution in [0.5, 0.6) is 0 Å². The van der Waals surface area contributed by atoms with Crippen LogP contribution in [-0.4, -0.2) is 32.6 Å². The standard InChI is InChI=1S/C19H20N4O4S/c1-2-13-7-9-14(10-8-13)19(25)22-21-17(24)11-12-20-18-15-5-3-4-6-16(15)28(26,27)23-18/h3-10H,2,11-12H2,1H3,(H,20,23)(H,21,24)(H,22,25). The van der Waals surface area contributed by atoms with E-state index in [9.17, 15) is 18.0 Å². The Morgan fingerprint density at radius 2 is 1.75 bits per heavy atom. The Hall–Kier alpha value is -3.20. The van der Waals surface area contributed by atoms with Crippen molar-refractivity contribution in [1.82, 2.24) is 15.6 Å². The van der Waals surface area contributed by atoms with Crippen molar-refractivity contribution >= 4 is 27.7 Å². The van der Waals surface area contributed by atoms with Gasteiger partial charge in [-0.1, -0.05) is 31.2 Å². The highest BCUT2D eigenvalue weighted by molar-refractivity contribution is 7.90. The Kier molecular flexibility index (Phi) is 5.74. The number of fused-ring (bicyclic) bond motifs is 1. The molecule has 0 fully saturated rings. The smallest absolute Gasteiger partial charge is 0.269 e. The number of rotatable bonds is 5. The Morgan fingerprint density at radius 3 is 2.46 bits per heavy atom. The lowest BCUT2D eigenvalue weighted by Gasteiger charge is -2.07. The minimum atomic E-state index is -3.60. The van der Waals surface area contributed by atoms with Crippen molar-refractivity contribution in [2.24, 2.45) is 4.99 Å². The molecule has 28 heavy (non-hydrogen) atoms. The molecule has 0 radical (unpaired) electrons. The number of aryl methyl sites for hydroxylation is 1. The molecule has 1 aliphatic rings. The largest absolute Gasteiger partial charge is 0.273 e. The average molecular weight is 400 g/mol. The van der Waals surface area contributed by atoms with Gasteiger partial charge in [-0.3, -0.25) is 30.2 Å². The molecule has 3 N–H and O–H groups in total. The van der Waals surface area contributed by atoms with E-state index in [0.717, 1.165) is 12.0 Å². The maximum atomic E-state index is 12.0. The van der Waals surface area contributed by atoms with Gasteiger partial charge in [0.25, 0.3) is 15.9 Å². The van der Waals surface area contributed by atoms with E-state index < -0.39 is 21.8 Å². The van der Waals surface area contributed by atoms with E-state index in [1.807, 2.05) is 19.1 Å². The molecule has 146 valence electrons. The number of hydrogen-bond donors (Lipinski definition) is 3. The van der Waals surface area contributed by atoms with Crippen LogP contribution in [0, 0.1) is 0 Å². The second-order valence-electron chi connectivity index (χ2n) is 6.13. The number of benzene rings is 2. The van der Waals surface area contributed by atoms with Gasteiger partial charge < -0.3 is 0 Å². The zero-order valence-corrected chi connectivity index (χ0v) is 16.0. The van der Waals surface area contributed by atoms with E-state index in [-0.39, 0.29) is 23.7 Å². The summed E-state index contributed by atoms with van der Waals surface area (Å²) in [6.07, 6.45) is 0.865. The number of aliphatic imine (C=N–C) groups is 1. The first-order valence-corrected chi connectivity index (χ1v) is 10.2. The van der Waals surface area contributed by atoms with Crippen molar-refractivity contribution in [1.29, 1.82) is 0 Å². The molecular weight excluding hydrogens is 380 g/mol. The van der Waals surface area contributed by atoms with Gasteiger partial charge in [-0.15, -0.1) is 0 Å². The molecule has 0 aromatic heterocycles. The van der Waals surface area contributed by atoms with Gasteiger partial charge in [0, 0.05) is 17.5 Å². The van der Waals surface area contributed by atoms with Crippen molar-refractivity contribution < 1.29 is 18.0 Å². The molecule has 8 nitrogen and oxygen atoms in total. The predicted octanol–water partition coefficient (Wildman–Crippen LogP) is 1.14. The number of carbonyl (C=O) groups excluding carboxylic acids is 2. The summed E-state index contributed by atoms with van der Waals surface area (Å²) in [5.74, 6) is -0.639. The van der Waals surface area contributed by atoms with Crippen LogP contribution in [-0.2, 0) is 21.2 Å². The van der Waals surface area contributed by atoms with Crippen LogP contribution in [0.4, 0.5) is 0 Å². The lowest BCUT2D eigenvalue weighted by atomic mass is 10.1. The van der Waals surface area contributed by atoms with Crippen molar-refractivity contribution in [3.05, 3.63) is 65.2 Å². The van der Waals surface area contributed by atoms with Gasteiger partial charge in [-0.05, 0) is 36.2 Å². The molecule has 1 heterocycles. The first-order valence-electron chi connectivity index (χ1n) is 8.75. The number of amidine groups is 1. The monoisotopic (exact) mass is 400 g/mol. The van der Waals surface area contributed by atoms with E-state index in [1.165, 1.54) is 6.07 Å². The fourth-order valence-electron chi connectivity index (χ4n) is 2.67. The quantitative estimate of drug-likeness (QED) is 0.653. The number of hydrazine groups is 1. The van der Waals surface area contributed by atoms with Crippen LogP contribution in [0.3, 0.4) is 0 Å². The lowest BCUT2D eigenvalue weighted by Crippen LogP contribution is -2.41. The fourth-order valence-corrected chi connectivity index (χ4v) is 3.92. The summed E-state index contributed by atoms with van der Waals surface area (Å²) in [5, 5.41) is 0. The molecule has 0 spiro atoms. The average Bonchev–Trinajstić information content (AvgIpc) is 2.97. The number of nitrogens with one attached hydrogen (secondary N) is 3. The highest BCUT2D eigenvalue weighted by atomic mass is 32.2. The van der Waals surface area contributed by atoms with Crippen molar-refractivity contribution in [3.8, 4) is 0 Å². The van der Waals surface area contributed by atoms with Crippen molar-refractivity contribution in [2.75, 3.05) is 6.54 Å². The number of nitrogens with zero attached hydrogens (tertiary/aromatic N) is 1. The molecule has 0 atom stereocenters. The molecule has 0 saturated carbocycles. The van der Waals surface area contributed by atoms with Gasteiger partial charge in [-0.25, -0.2) is 8.42 Å². The molecule has 0 aliphatic carbocycles. The SMILES string of the molecule is CCc1ccc(C(=O)NNC(=O)CCN=C2NS(=O)(=O)c3ccccc32)cc1. The second kappa shape index (κ2) is 8.22. The third kappa shape index (κ3) is 4.37. The molecule has 2 aromatic rings. The van der Waals surface area contributed by atoms with E-state index >= 15 is 0 Å². The predicted molar refractivity (Wildman–Crippen MR) is 104 cm³/mol. The van der Waals surface area contributed by atoms with Gasteiger partial charge >= 0.3 is 0 Å². The highest BCUT2D eigenvalue weighted by Crippen LogP contribution is 2.22. The third-order valence-electron chi connectivity index (χ3n) is 4.21. The van der Waals surface area contributed by atoms with Gasteiger partial charge in [0.15, 0.2) is 0 Å². The molecule has 2 aromatic carbocycles. The molecular formula is C19H20N4O4S. The molecule has 1 aliphatic heterocycles. The van der Waals surface area contributed by atoms with E-state index in [0.29, 0.717) is 11.1 Å². The summed E-state index contributed by atoms with van der Waals surface area (Å²) in [4.78, 5) is 28.2. The van der Waals surface area contributed by atoms with E-state index in [4.69, 9.17) is 0 Å². The number of hydrogen-bond acceptors (Lipinski definition) is 5. The highest BCUT2D eigenvalue weighted by Gasteiger charge is 2.29. The Balaban J connectivity index is 1.51. The zero-order valence-electron chi connectivity index (χ0n) is 15.2. The van der Waals surface area contributed by atoms with Crippen LogP contribution in [0.2, 0.25) is 0 Å². The normalized spacial score (nSPS) is 15.5. The number of sulfonamides is 1. The summed E-state index contributed by atoms with van der Waals surface area (Å²) in [5.41, 5.74) is 6.70. The number of amides is 2. The van der Waals surface area contributed by atoms with Gasteiger partial charge in [0.05, 0.1) is 11.4 Å². The Morgan fingerprint density at radius 1 is 1.04 bits per heavy atom. The van der Waals surface area contributed by atoms with Crippen LogP contribution >= 0.6 is 0 Å². The first kappa shape index (κ1) is 19.6. The second-order valence-corrected chi connectivity index (χ2v) is 7.79. The topological polar surface area (TPSA) is 117 Å². The van der Waals surface area contributed by atoms with Gasteiger partial charge in [0.1, 0.15) is 5.84 Å². The minimum Gasteiger partial charge on any atom is -0.273 e. The van der Waals surface area contributed by atoms with Crippen LogP contribution < -0.4 is 15.6 Å². The molecule has 0 saturated heterocycles. The van der Waals surface area contributed by atoms with Crippen molar-refractivity contribution in [2.45, 2.75) is 24.7 Å². The summed E-state index contributed by atoms with van der Waals surface area (Å²) < 4.78 is 26.4. The van der Waals surface area contributed by atoms with Crippen LogP contribution in [0.1, 0.15) is 34.8 Å². The number of carbonyl (C=O) groups is 2. The summed E-state index contributed by atoms with van der Waals surface area (Å²) in [6.45, 7) is 2.09. The van der Waals surface area contributed by atoms with Gasteiger partial charge in [0.2, 0.25) is 5.91 Å². The lowest BCUT2D eigenvalue weighted by molar-refractivity contribution is -0.121. The van der Waals surface area contributed by atoms with E-state index in [2.05, 4.69) is 20.6 Å². The fraction of sp³-hybridized carbons (Fsp3) is 0.211. The molecule has 9 heteroatoms. The summed E-state index contributed by atoms with van der Waals surface area (Å²) >= 11 is 0. The maximum absolute atomic E-state index is 12.0. The molecule has 2 amide bonds. The van der Waals surface area contributed by atoms with Crippen LogP contribution in [0.15, 0.2) is 58.4 Å². The molecule has 3 rings (SSSR count). The maximum Gasteiger partial charge on any atom is 0.269 e. The molecule has 0 unspecified atom stereocenters. The Bertz CT molecular complexity index is 1030. The first-order chi connectivity index (χ1) is 13.4.